The summed E-state index contributed by atoms with van der Waals surface area (Å²) >= 11 is 0. The van der Waals surface area contributed by atoms with E-state index in [1.807, 2.05) is 27.7 Å². The summed E-state index contributed by atoms with van der Waals surface area (Å²) in [6.07, 6.45) is 1.75. The van der Waals surface area contributed by atoms with Gasteiger partial charge in [-0.1, -0.05) is 0 Å². The molecule has 1 saturated heterocycles. The van der Waals surface area contributed by atoms with Crippen molar-refractivity contribution >= 4 is 6.09 Å². The third-order valence-corrected chi connectivity index (χ3v) is 2.82. The topological polar surface area (TPSA) is 38.8 Å². The van der Waals surface area contributed by atoms with E-state index in [0.29, 0.717) is 6.61 Å². The molecule has 4 nitrogen and oxygen atoms in total. The van der Waals surface area contributed by atoms with Gasteiger partial charge >= 0.3 is 6.09 Å². The van der Waals surface area contributed by atoms with Crippen LogP contribution in [-0.2, 0) is 9.47 Å². The maximum absolute atomic E-state index is 12.0. The quantitative estimate of drug-likeness (QED) is 0.730. The van der Waals surface area contributed by atoms with Gasteiger partial charge in [0.2, 0.25) is 0 Å². The largest absolute Gasteiger partial charge is 0.444 e. The van der Waals surface area contributed by atoms with Crippen LogP contribution in [0.5, 0.6) is 0 Å². The summed E-state index contributed by atoms with van der Waals surface area (Å²) in [7, 11) is 1.66. The maximum atomic E-state index is 12.0. The highest BCUT2D eigenvalue weighted by Crippen LogP contribution is 2.30. The molecule has 94 valence electrons. The van der Waals surface area contributed by atoms with E-state index < -0.39 is 5.60 Å². The Morgan fingerprint density at radius 3 is 2.56 bits per heavy atom. The monoisotopic (exact) mass is 229 g/mol. The number of amides is 1. The molecule has 0 unspecified atom stereocenters. The van der Waals surface area contributed by atoms with Crippen molar-refractivity contribution in [2.45, 2.75) is 51.7 Å². The smallest absolute Gasteiger partial charge is 0.410 e. The molecule has 1 rings (SSSR count). The number of carbonyl (C=O) groups is 1. The molecule has 16 heavy (non-hydrogen) atoms. The molecule has 1 heterocycles. The normalized spacial score (nSPS) is 25.9. The minimum atomic E-state index is -0.437. The first-order valence-corrected chi connectivity index (χ1v) is 5.78. The number of hydrogen-bond acceptors (Lipinski definition) is 3. The Bertz CT molecular complexity index is 259. The number of carbonyl (C=O) groups excluding carboxylic acids is 1. The van der Waals surface area contributed by atoms with Gasteiger partial charge in [0.15, 0.2) is 0 Å². The van der Waals surface area contributed by atoms with E-state index in [-0.39, 0.29) is 11.6 Å². The van der Waals surface area contributed by atoms with Crippen molar-refractivity contribution in [1.82, 2.24) is 4.90 Å². The van der Waals surface area contributed by atoms with E-state index in [9.17, 15) is 4.79 Å². The van der Waals surface area contributed by atoms with Gasteiger partial charge in [-0.25, -0.2) is 4.79 Å². The van der Waals surface area contributed by atoms with Crippen LogP contribution in [-0.4, -0.2) is 42.4 Å². The molecular weight excluding hydrogens is 206 g/mol. The fourth-order valence-corrected chi connectivity index (χ4v) is 2.11. The molecule has 0 aliphatic carbocycles. The minimum absolute atomic E-state index is 0.211. The van der Waals surface area contributed by atoms with Crippen LogP contribution in [0.1, 0.15) is 40.5 Å². The van der Waals surface area contributed by atoms with Gasteiger partial charge in [-0.2, -0.15) is 0 Å². The van der Waals surface area contributed by atoms with Crippen molar-refractivity contribution in [3.05, 3.63) is 0 Å². The number of likely N-dealkylation sites (tertiary alicyclic amines) is 1. The van der Waals surface area contributed by atoms with Crippen molar-refractivity contribution in [2.24, 2.45) is 0 Å². The van der Waals surface area contributed by atoms with Crippen molar-refractivity contribution < 1.29 is 14.3 Å². The predicted molar refractivity (Wildman–Crippen MR) is 62.5 cm³/mol. The van der Waals surface area contributed by atoms with Crippen LogP contribution in [0, 0.1) is 0 Å². The molecule has 1 aliphatic rings. The fraction of sp³-hybridized carbons (Fsp3) is 0.917. The molecule has 0 aromatic carbocycles. The van der Waals surface area contributed by atoms with Gasteiger partial charge in [-0.05, 0) is 40.5 Å². The summed E-state index contributed by atoms with van der Waals surface area (Å²) in [5.74, 6) is 0. The Morgan fingerprint density at radius 1 is 1.44 bits per heavy atom. The lowest BCUT2D eigenvalue weighted by Gasteiger charge is -2.35. The average molecular weight is 229 g/mol. The SMILES string of the molecule is COC[C@]1(C)CCCN1C(=O)OC(C)(C)C. The van der Waals surface area contributed by atoms with Gasteiger partial charge < -0.3 is 14.4 Å². The fourth-order valence-electron chi connectivity index (χ4n) is 2.11. The number of nitrogens with zero attached hydrogens (tertiary/aromatic N) is 1. The Morgan fingerprint density at radius 2 is 2.06 bits per heavy atom. The van der Waals surface area contributed by atoms with Crippen LogP contribution in [0.25, 0.3) is 0 Å². The molecule has 0 aromatic rings. The van der Waals surface area contributed by atoms with Crippen LogP contribution in [0.4, 0.5) is 4.79 Å². The minimum Gasteiger partial charge on any atom is -0.444 e. The number of methoxy groups -OCH3 is 1. The van der Waals surface area contributed by atoms with Crippen molar-refractivity contribution in [2.75, 3.05) is 20.3 Å². The van der Waals surface area contributed by atoms with Crippen LogP contribution in [0.3, 0.4) is 0 Å². The first kappa shape index (κ1) is 13.3. The zero-order valence-electron chi connectivity index (χ0n) is 11.0. The molecule has 0 radical (unpaired) electrons. The van der Waals surface area contributed by atoms with Gasteiger partial charge in [-0.15, -0.1) is 0 Å². The number of hydrogen-bond donors (Lipinski definition) is 0. The highest BCUT2D eigenvalue weighted by atomic mass is 16.6. The van der Waals surface area contributed by atoms with Gasteiger partial charge in [0, 0.05) is 13.7 Å². The van der Waals surface area contributed by atoms with Crippen LogP contribution in [0.2, 0.25) is 0 Å². The number of rotatable bonds is 2. The maximum Gasteiger partial charge on any atom is 0.410 e. The summed E-state index contributed by atoms with van der Waals surface area (Å²) < 4.78 is 10.6. The second-order valence-electron chi connectivity index (χ2n) is 5.67. The molecule has 1 atom stereocenters. The first-order chi connectivity index (χ1) is 7.28. The zero-order valence-corrected chi connectivity index (χ0v) is 11.0. The van der Waals surface area contributed by atoms with E-state index in [4.69, 9.17) is 9.47 Å². The Balaban J connectivity index is 2.68. The molecule has 1 amide bonds. The molecule has 4 heteroatoms. The molecule has 1 aliphatic heterocycles. The lowest BCUT2D eigenvalue weighted by Crippen LogP contribution is -2.49. The third-order valence-electron chi connectivity index (χ3n) is 2.82. The Kier molecular flexibility index (Phi) is 3.84. The van der Waals surface area contributed by atoms with Gasteiger partial charge in [0.05, 0.1) is 12.1 Å². The third kappa shape index (κ3) is 3.11. The summed E-state index contributed by atoms with van der Waals surface area (Å²) in [4.78, 5) is 13.8. The highest BCUT2D eigenvalue weighted by Gasteiger charge is 2.41. The van der Waals surface area contributed by atoms with E-state index in [1.54, 1.807) is 12.0 Å². The molecule has 0 bridgehead atoms. The van der Waals surface area contributed by atoms with Crippen molar-refractivity contribution in [3.63, 3.8) is 0 Å². The molecule has 0 N–H and O–H groups in total. The average Bonchev–Trinajstić information content (AvgIpc) is 2.44. The second kappa shape index (κ2) is 4.62. The van der Waals surface area contributed by atoms with Gasteiger partial charge in [-0.3, -0.25) is 0 Å². The molecule has 0 aromatic heterocycles. The Hall–Kier alpha value is -0.770. The second-order valence-corrected chi connectivity index (χ2v) is 5.67. The molecule has 0 saturated carbocycles. The summed E-state index contributed by atoms with van der Waals surface area (Å²) in [6, 6.07) is 0. The van der Waals surface area contributed by atoms with Crippen molar-refractivity contribution in [3.8, 4) is 0 Å². The van der Waals surface area contributed by atoms with Crippen LogP contribution >= 0.6 is 0 Å². The van der Waals surface area contributed by atoms with Crippen LogP contribution in [0.15, 0.2) is 0 Å². The molecular formula is C12H23NO3. The Labute approximate surface area is 97.9 Å². The van der Waals surface area contributed by atoms with E-state index in [0.717, 1.165) is 19.4 Å². The first-order valence-electron chi connectivity index (χ1n) is 5.78. The lowest BCUT2D eigenvalue weighted by atomic mass is 10.0. The van der Waals surface area contributed by atoms with Crippen LogP contribution < -0.4 is 0 Å². The summed E-state index contributed by atoms with van der Waals surface area (Å²) in [5.41, 5.74) is -0.648. The summed E-state index contributed by atoms with van der Waals surface area (Å²) in [6.45, 7) is 9.02. The zero-order chi connectivity index (χ0) is 12.4. The van der Waals surface area contributed by atoms with Crippen molar-refractivity contribution in [1.29, 1.82) is 0 Å². The molecule has 1 fully saturated rings. The number of ether oxygens (including phenoxy) is 2. The lowest BCUT2D eigenvalue weighted by molar-refractivity contribution is -0.00564. The standard InChI is InChI=1S/C12H23NO3/c1-11(2,3)16-10(14)13-8-6-7-12(13,4)9-15-5/h6-9H2,1-5H3/t12-/m0/s1. The highest BCUT2D eigenvalue weighted by molar-refractivity contribution is 5.69. The molecule has 0 spiro atoms. The van der Waals surface area contributed by atoms with Gasteiger partial charge in [0.1, 0.15) is 5.60 Å². The van der Waals surface area contributed by atoms with E-state index >= 15 is 0 Å². The van der Waals surface area contributed by atoms with E-state index in [2.05, 4.69) is 0 Å². The van der Waals surface area contributed by atoms with E-state index in [1.165, 1.54) is 0 Å². The predicted octanol–water partition coefficient (Wildman–Crippen LogP) is 2.42. The van der Waals surface area contributed by atoms with Gasteiger partial charge in [0.25, 0.3) is 0 Å². The summed E-state index contributed by atoms with van der Waals surface area (Å²) in [5, 5.41) is 0.